The molecule has 37 heavy (non-hydrogen) atoms. The molecule has 0 bridgehead atoms. The zero-order valence-corrected chi connectivity index (χ0v) is 22.7. The number of hydrogen-bond acceptors (Lipinski definition) is 9. The lowest BCUT2D eigenvalue weighted by molar-refractivity contribution is 0.191. The van der Waals surface area contributed by atoms with Crippen LogP contribution in [0.5, 0.6) is 11.6 Å². The molecule has 2 aliphatic rings. The summed E-state index contributed by atoms with van der Waals surface area (Å²) < 4.78 is 14.8. The summed E-state index contributed by atoms with van der Waals surface area (Å²) in [6.45, 7) is 8.12. The molecule has 0 atom stereocenters. The summed E-state index contributed by atoms with van der Waals surface area (Å²) in [7, 11) is 0. The second kappa shape index (κ2) is 10.3. The smallest absolute Gasteiger partial charge is 0.245 e. The number of halogens is 2. The number of fused-ring (bicyclic) bond motifs is 1. The number of benzene rings is 1. The van der Waals surface area contributed by atoms with Crippen LogP contribution in [0.2, 0.25) is 9.36 Å². The average Bonchev–Trinajstić information content (AvgIpc) is 3.29. The van der Waals surface area contributed by atoms with Gasteiger partial charge in [0, 0.05) is 38.3 Å². The summed E-state index contributed by atoms with van der Waals surface area (Å²) in [6.07, 6.45) is 5.14. The summed E-state index contributed by atoms with van der Waals surface area (Å²) in [4.78, 5) is 20.7. The molecule has 2 fully saturated rings. The highest BCUT2D eigenvalue weighted by Crippen LogP contribution is 2.41. The number of imidazole rings is 1. The minimum atomic E-state index is -0.199. The van der Waals surface area contributed by atoms with Gasteiger partial charge in [-0.1, -0.05) is 23.2 Å². The van der Waals surface area contributed by atoms with Gasteiger partial charge in [0.15, 0.2) is 11.2 Å². The van der Waals surface area contributed by atoms with Gasteiger partial charge >= 0.3 is 0 Å². The summed E-state index contributed by atoms with van der Waals surface area (Å²) >= 11 is 14.4. The highest BCUT2D eigenvalue weighted by atomic mass is 35.5. The Morgan fingerprint density at radius 1 is 1.14 bits per heavy atom. The molecular formula is C25H27Cl2N7O2S. The molecule has 3 aromatic heterocycles. The molecule has 1 saturated carbocycles. The fourth-order valence-electron chi connectivity index (χ4n) is 4.35. The molecule has 4 aromatic rings. The van der Waals surface area contributed by atoms with Gasteiger partial charge in [0.1, 0.15) is 39.5 Å². The lowest BCUT2D eigenvalue weighted by atomic mass is 10.2. The lowest BCUT2D eigenvalue weighted by Gasteiger charge is -2.26. The summed E-state index contributed by atoms with van der Waals surface area (Å²) in [6, 6.07) is 5.70. The fraction of sp³-hybridized carbons (Fsp3) is 0.440. The van der Waals surface area contributed by atoms with Gasteiger partial charge < -0.3 is 19.4 Å². The Hall–Kier alpha value is -2.50. The SMILES string of the molecule is CC1(Oc2ncnc3c2nc(-c2ccc(OCCN4CCNCC4)cc2Cl)n3Cc2ncc(Cl)s2)CC1. The first-order chi connectivity index (χ1) is 18.0. The molecule has 0 amide bonds. The first-order valence-electron chi connectivity index (χ1n) is 12.3. The Morgan fingerprint density at radius 2 is 1.97 bits per heavy atom. The monoisotopic (exact) mass is 559 g/mol. The van der Waals surface area contributed by atoms with E-state index in [0.717, 1.165) is 61.9 Å². The van der Waals surface area contributed by atoms with Gasteiger partial charge in [-0.2, -0.15) is 4.98 Å². The lowest BCUT2D eigenvalue weighted by Crippen LogP contribution is -2.44. The second-order valence-corrected chi connectivity index (χ2v) is 11.7. The average molecular weight is 561 g/mol. The molecule has 1 N–H and O–H groups in total. The molecule has 0 unspecified atom stereocenters. The van der Waals surface area contributed by atoms with E-state index in [9.17, 15) is 0 Å². The van der Waals surface area contributed by atoms with Crippen LogP contribution < -0.4 is 14.8 Å². The molecule has 1 aliphatic carbocycles. The van der Waals surface area contributed by atoms with E-state index < -0.39 is 0 Å². The number of ether oxygens (including phenoxy) is 2. The van der Waals surface area contributed by atoms with Crippen molar-refractivity contribution in [3.8, 4) is 23.0 Å². The molecule has 12 heteroatoms. The van der Waals surface area contributed by atoms with E-state index in [0.29, 0.717) is 45.4 Å². The third-order valence-corrected chi connectivity index (χ3v) is 8.09. The first kappa shape index (κ1) is 24.8. The number of thiazole rings is 1. The van der Waals surface area contributed by atoms with Gasteiger partial charge in [-0.3, -0.25) is 4.90 Å². The van der Waals surface area contributed by atoms with Crippen LogP contribution in [0.25, 0.3) is 22.6 Å². The predicted molar refractivity (Wildman–Crippen MR) is 145 cm³/mol. The maximum absolute atomic E-state index is 6.80. The number of hydrogen-bond donors (Lipinski definition) is 1. The van der Waals surface area contributed by atoms with Crippen molar-refractivity contribution >= 4 is 45.7 Å². The number of aromatic nitrogens is 5. The first-order valence-corrected chi connectivity index (χ1v) is 13.9. The van der Waals surface area contributed by atoms with E-state index in [1.807, 2.05) is 22.8 Å². The fourth-order valence-corrected chi connectivity index (χ4v) is 5.55. The van der Waals surface area contributed by atoms with Crippen LogP contribution in [0.3, 0.4) is 0 Å². The largest absolute Gasteiger partial charge is 0.492 e. The Bertz CT molecular complexity index is 1420. The van der Waals surface area contributed by atoms with Crippen molar-refractivity contribution in [2.24, 2.45) is 0 Å². The Kier molecular flexibility index (Phi) is 6.93. The van der Waals surface area contributed by atoms with Gasteiger partial charge in [0.05, 0.1) is 17.8 Å². The molecule has 6 rings (SSSR count). The van der Waals surface area contributed by atoms with Crippen LogP contribution >= 0.6 is 34.5 Å². The van der Waals surface area contributed by atoms with E-state index in [1.54, 1.807) is 6.20 Å². The molecule has 1 aliphatic heterocycles. The third-order valence-electron chi connectivity index (χ3n) is 6.68. The number of rotatable bonds is 9. The Balaban J connectivity index is 1.31. The molecule has 1 saturated heterocycles. The molecule has 0 spiro atoms. The third kappa shape index (κ3) is 5.53. The molecule has 194 valence electrons. The van der Waals surface area contributed by atoms with Gasteiger partial charge in [-0.05, 0) is 38.0 Å². The highest BCUT2D eigenvalue weighted by Gasteiger charge is 2.41. The molecule has 4 heterocycles. The van der Waals surface area contributed by atoms with E-state index in [2.05, 4.69) is 32.1 Å². The summed E-state index contributed by atoms with van der Waals surface area (Å²) in [5.74, 6) is 1.86. The van der Waals surface area contributed by atoms with Crippen LogP contribution in [0, 0.1) is 0 Å². The highest BCUT2D eigenvalue weighted by molar-refractivity contribution is 7.15. The van der Waals surface area contributed by atoms with Crippen LogP contribution in [0.15, 0.2) is 30.7 Å². The number of piperazine rings is 1. The minimum Gasteiger partial charge on any atom is -0.492 e. The summed E-state index contributed by atoms with van der Waals surface area (Å²) in [5, 5.41) is 4.74. The summed E-state index contributed by atoms with van der Waals surface area (Å²) in [5.41, 5.74) is 1.82. The Labute approximate surface area is 228 Å². The van der Waals surface area contributed by atoms with Crippen molar-refractivity contribution in [3.05, 3.63) is 45.1 Å². The van der Waals surface area contributed by atoms with Crippen molar-refractivity contribution in [3.63, 3.8) is 0 Å². The standard InChI is InChI=1S/C25H27Cl2N7O2S/c1-25(4-5-25)36-24-21-23(30-15-31-24)34(14-20-29-13-19(27)37-20)22(32-21)17-3-2-16(12-18(17)26)35-11-10-33-8-6-28-7-9-33/h2-3,12-13,15,28H,4-11,14H2,1H3. The van der Waals surface area contributed by atoms with E-state index in [-0.39, 0.29) is 5.60 Å². The van der Waals surface area contributed by atoms with Crippen LogP contribution in [-0.2, 0) is 6.54 Å². The van der Waals surface area contributed by atoms with Gasteiger partial charge in [0.2, 0.25) is 5.88 Å². The quantitative estimate of drug-likeness (QED) is 0.320. The van der Waals surface area contributed by atoms with E-state index in [1.165, 1.54) is 17.7 Å². The van der Waals surface area contributed by atoms with Gasteiger partial charge in [0.25, 0.3) is 0 Å². The predicted octanol–water partition coefficient (Wildman–Crippen LogP) is 4.52. The van der Waals surface area contributed by atoms with E-state index in [4.69, 9.17) is 37.7 Å². The second-order valence-electron chi connectivity index (χ2n) is 9.56. The Morgan fingerprint density at radius 3 is 2.70 bits per heavy atom. The van der Waals surface area contributed by atoms with Crippen molar-refractivity contribution in [1.29, 1.82) is 0 Å². The minimum absolute atomic E-state index is 0.199. The molecule has 9 nitrogen and oxygen atoms in total. The molecule has 0 radical (unpaired) electrons. The van der Waals surface area contributed by atoms with Crippen molar-refractivity contribution in [2.75, 3.05) is 39.3 Å². The maximum atomic E-state index is 6.80. The van der Waals surface area contributed by atoms with Gasteiger partial charge in [-0.25, -0.2) is 15.0 Å². The number of nitrogens with zero attached hydrogens (tertiary/aromatic N) is 6. The zero-order valence-electron chi connectivity index (χ0n) is 20.4. The molecular weight excluding hydrogens is 533 g/mol. The topological polar surface area (TPSA) is 90.2 Å². The van der Waals surface area contributed by atoms with Crippen molar-refractivity contribution in [1.82, 2.24) is 34.7 Å². The van der Waals surface area contributed by atoms with Crippen molar-refractivity contribution < 1.29 is 9.47 Å². The van der Waals surface area contributed by atoms with Crippen LogP contribution in [0.1, 0.15) is 24.8 Å². The zero-order chi connectivity index (χ0) is 25.4. The van der Waals surface area contributed by atoms with Crippen LogP contribution in [-0.4, -0.2) is 74.3 Å². The van der Waals surface area contributed by atoms with Gasteiger partial charge in [-0.15, -0.1) is 11.3 Å². The maximum Gasteiger partial charge on any atom is 0.245 e. The number of nitrogens with one attached hydrogen (secondary N) is 1. The van der Waals surface area contributed by atoms with Crippen molar-refractivity contribution in [2.45, 2.75) is 31.9 Å². The van der Waals surface area contributed by atoms with E-state index >= 15 is 0 Å². The van der Waals surface area contributed by atoms with Crippen LogP contribution in [0.4, 0.5) is 0 Å². The normalized spacial score (nSPS) is 17.3. The molecule has 1 aromatic carbocycles.